The van der Waals surface area contributed by atoms with Gasteiger partial charge in [0.2, 0.25) is 5.91 Å². The van der Waals surface area contributed by atoms with Gasteiger partial charge in [-0.1, -0.05) is 31.0 Å². The zero-order valence-corrected chi connectivity index (χ0v) is 20.4. The second kappa shape index (κ2) is 10.9. The minimum atomic E-state index is 0.133. The Labute approximate surface area is 204 Å². The van der Waals surface area contributed by atoms with Crippen LogP contribution in [0.4, 0.5) is 5.82 Å². The maximum absolute atomic E-state index is 12.9. The van der Waals surface area contributed by atoms with Gasteiger partial charge in [-0.15, -0.1) is 0 Å². The number of anilines is 1. The number of aryl methyl sites for hydroxylation is 1. The van der Waals surface area contributed by atoms with Crippen molar-refractivity contribution in [3.63, 3.8) is 0 Å². The Hall–Kier alpha value is -2.71. The van der Waals surface area contributed by atoms with E-state index in [0.29, 0.717) is 35.8 Å². The highest BCUT2D eigenvalue weighted by molar-refractivity contribution is 7.71. The number of unbranched alkanes of at least 4 members (excludes halogenated alkanes) is 1. The molecule has 0 aliphatic carbocycles. The van der Waals surface area contributed by atoms with Crippen molar-refractivity contribution in [3.05, 3.63) is 58.5 Å². The van der Waals surface area contributed by atoms with Gasteiger partial charge in [0.1, 0.15) is 5.82 Å². The van der Waals surface area contributed by atoms with Gasteiger partial charge in [-0.25, -0.2) is 9.67 Å². The highest BCUT2D eigenvalue weighted by Crippen LogP contribution is 2.22. The summed E-state index contributed by atoms with van der Waals surface area (Å²) in [4.78, 5) is 21.4. The van der Waals surface area contributed by atoms with Crippen LogP contribution in [0.15, 0.2) is 48.7 Å². The van der Waals surface area contributed by atoms with Crippen molar-refractivity contribution in [3.8, 4) is 11.4 Å². The normalized spacial score (nSPS) is 14.0. The Morgan fingerprint density at radius 2 is 1.82 bits per heavy atom. The molecule has 0 saturated carbocycles. The maximum atomic E-state index is 12.9. The number of amides is 1. The van der Waals surface area contributed by atoms with Gasteiger partial charge in [0, 0.05) is 55.9 Å². The van der Waals surface area contributed by atoms with E-state index in [9.17, 15) is 4.79 Å². The van der Waals surface area contributed by atoms with Crippen molar-refractivity contribution >= 4 is 35.5 Å². The molecule has 2 aromatic heterocycles. The van der Waals surface area contributed by atoms with Crippen LogP contribution in [0.3, 0.4) is 0 Å². The molecule has 4 rings (SSSR count). The van der Waals surface area contributed by atoms with Gasteiger partial charge in [-0.3, -0.25) is 9.36 Å². The molecule has 1 amide bonds. The fraction of sp³-hybridized carbons (Fsp3) is 0.417. The second-order valence-corrected chi connectivity index (χ2v) is 8.95. The highest BCUT2D eigenvalue weighted by atomic mass is 35.5. The third kappa shape index (κ3) is 5.62. The van der Waals surface area contributed by atoms with E-state index in [1.165, 1.54) is 0 Å². The summed E-state index contributed by atoms with van der Waals surface area (Å²) in [5, 5.41) is 5.46. The molecule has 1 fully saturated rings. The van der Waals surface area contributed by atoms with Crippen molar-refractivity contribution in [2.75, 3.05) is 31.1 Å². The molecule has 0 atom stereocenters. The molecule has 174 valence electrons. The molecule has 0 spiro atoms. The van der Waals surface area contributed by atoms with Crippen molar-refractivity contribution in [2.24, 2.45) is 0 Å². The minimum absolute atomic E-state index is 0.133. The van der Waals surface area contributed by atoms with E-state index in [2.05, 4.69) is 21.4 Å². The molecule has 1 saturated heterocycles. The number of aromatic nitrogens is 4. The van der Waals surface area contributed by atoms with Crippen LogP contribution in [-0.2, 0) is 17.9 Å². The number of halogens is 1. The molecule has 3 aromatic rings. The molecule has 9 heteroatoms. The third-order valence-electron chi connectivity index (χ3n) is 5.90. The molecule has 0 radical (unpaired) electrons. The van der Waals surface area contributed by atoms with Gasteiger partial charge < -0.3 is 9.80 Å². The van der Waals surface area contributed by atoms with Crippen LogP contribution in [0.25, 0.3) is 11.4 Å². The van der Waals surface area contributed by atoms with Crippen LogP contribution in [0.1, 0.15) is 26.2 Å². The van der Waals surface area contributed by atoms with Crippen LogP contribution in [-0.4, -0.2) is 56.3 Å². The lowest BCUT2D eigenvalue weighted by molar-refractivity contribution is -0.131. The summed E-state index contributed by atoms with van der Waals surface area (Å²) in [5.74, 6) is 1.92. The number of rotatable bonds is 8. The lowest BCUT2D eigenvalue weighted by Gasteiger charge is -2.35. The molecular weight excluding hydrogens is 456 g/mol. The zero-order chi connectivity index (χ0) is 23.2. The van der Waals surface area contributed by atoms with Crippen LogP contribution in [0.2, 0.25) is 5.02 Å². The number of benzene rings is 1. The van der Waals surface area contributed by atoms with Gasteiger partial charge >= 0.3 is 0 Å². The Morgan fingerprint density at radius 3 is 2.48 bits per heavy atom. The smallest absolute Gasteiger partial charge is 0.224 e. The summed E-state index contributed by atoms with van der Waals surface area (Å²) in [6.07, 6.45) is 4.26. The average Bonchev–Trinajstić information content (AvgIpc) is 3.17. The third-order valence-corrected chi connectivity index (χ3v) is 6.59. The summed E-state index contributed by atoms with van der Waals surface area (Å²) in [6, 6.07) is 13.5. The van der Waals surface area contributed by atoms with Gasteiger partial charge in [0.25, 0.3) is 0 Å². The Morgan fingerprint density at radius 1 is 1.06 bits per heavy atom. The quantitative estimate of drug-likeness (QED) is 0.435. The van der Waals surface area contributed by atoms with Gasteiger partial charge in [0.05, 0.1) is 6.54 Å². The van der Waals surface area contributed by atoms with E-state index >= 15 is 0 Å². The van der Waals surface area contributed by atoms with E-state index < -0.39 is 0 Å². The summed E-state index contributed by atoms with van der Waals surface area (Å²) in [7, 11) is 0. The van der Waals surface area contributed by atoms with E-state index in [1.54, 1.807) is 10.9 Å². The van der Waals surface area contributed by atoms with Gasteiger partial charge in [-0.05, 0) is 55.0 Å². The van der Waals surface area contributed by atoms with Crippen molar-refractivity contribution in [1.29, 1.82) is 0 Å². The minimum Gasteiger partial charge on any atom is -0.353 e. The first-order chi connectivity index (χ1) is 16.1. The molecule has 33 heavy (non-hydrogen) atoms. The lowest BCUT2D eigenvalue weighted by atomic mass is 10.2. The molecule has 1 aliphatic heterocycles. The summed E-state index contributed by atoms with van der Waals surface area (Å²) < 4.78 is 4.51. The predicted molar refractivity (Wildman–Crippen MR) is 134 cm³/mol. The molecule has 3 heterocycles. The van der Waals surface area contributed by atoms with Crippen molar-refractivity contribution in [1.82, 2.24) is 24.2 Å². The predicted octanol–water partition coefficient (Wildman–Crippen LogP) is 4.67. The van der Waals surface area contributed by atoms with E-state index in [1.807, 2.05) is 47.4 Å². The first-order valence-electron chi connectivity index (χ1n) is 11.4. The highest BCUT2D eigenvalue weighted by Gasteiger charge is 2.22. The topological polar surface area (TPSA) is 59.2 Å². The van der Waals surface area contributed by atoms with E-state index in [-0.39, 0.29) is 5.91 Å². The van der Waals surface area contributed by atoms with Crippen LogP contribution in [0.5, 0.6) is 0 Å². The number of hydrogen-bond donors (Lipinski definition) is 0. The van der Waals surface area contributed by atoms with Crippen LogP contribution < -0.4 is 4.90 Å². The first kappa shape index (κ1) is 23.4. The molecular formula is C24H29ClN6OS. The molecule has 0 N–H and O–H groups in total. The van der Waals surface area contributed by atoms with Crippen LogP contribution in [0, 0.1) is 4.77 Å². The monoisotopic (exact) mass is 484 g/mol. The number of carbonyl (C=O) groups is 1. The average molecular weight is 485 g/mol. The number of hydrogen-bond acceptors (Lipinski definition) is 5. The number of nitrogens with zero attached hydrogens (tertiary/aromatic N) is 6. The van der Waals surface area contributed by atoms with E-state index in [4.69, 9.17) is 28.9 Å². The van der Waals surface area contributed by atoms with Gasteiger partial charge in [0.15, 0.2) is 10.6 Å². The fourth-order valence-electron chi connectivity index (χ4n) is 4.00. The maximum Gasteiger partial charge on any atom is 0.224 e. The van der Waals surface area contributed by atoms with Crippen molar-refractivity contribution in [2.45, 2.75) is 39.3 Å². The van der Waals surface area contributed by atoms with Crippen molar-refractivity contribution < 1.29 is 4.79 Å². The molecule has 0 bridgehead atoms. The molecule has 1 aromatic carbocycles. The van der Waals surface area contributed by atoms with Crippen LogP contribution >= 0.6 is 23.8 Å². The number of carbonyl (C=O) groups excluding carboxylic acids is 1. The molecule has 1 aliphatic rings. The first-order valence-corrected chi connectivity index (χ1v) is 12.2. The molecule has 7 nitrogen and oxygen atoms in total. The zero-order valence-electron chi connectivity index (χ0n) is 18.9. The summed E-state index contributed by atoms with van der Waals surface area (Å²) in [5.41, 5.74) is 0.970. The Balaban J connectivity index is 1.41. The standard InChI is InChI=1S/C24H29ClN6OS/c1-2-3-13-30-23(19-7-9-20(25)10-8-19)27-31(24(30)33)14-11-22(32)29-17-15-28(16-18-29)21-6-4-5-12-26-21/h4-10,12H,2-3,11,13-18H2,1H3. The number of pyridine rings is 1. The Kier molecular flexibility index (Phi) is 7.77. The summed E-state index contributed by atoms with van der Waals surface area (Å²) >= 11 is 11.8. The van der Waals surface area contributed by atoms with E-state index in [0.717, 1.165) is 49.7 Å². The van der Waals surface area contributed by atoms with Gasteiger partial charge in [-0.2, -0.15) is 5.10 Å². The number of piperazine rings is 1. The lowest BCUT2D eigenvalue weighted by Crippen LogP contribution is -2.49. The SMILES string of the molecule is CCCCn1c(-c2ccc(Cl)cc2)nn(CCC(=O)N2CCN(c3ccccn3)CC2)c1=S. The second-order valence-electron chi connectivity index (χ2n) is 8.15. The summed E-state index contributed by atoms with van der Waals surface area (Å²) in [6.45, 7) is 6.39. The largest absolute Gasteiger partial charge is 0.353 e. The fourth-order valence-corrected chi connectivity index (χ4v) is 4.44. The Bertz CT molecular complexity index is 1120. The molecule has 0 unspecified atom stereocenters.